The number of H-pyrrole nitrogens is 2. The minimum Gasteiger partial charge on any atom is -0.335 e. The van der Waals surface area contributed by atoms with E-state index < -0.39 is 0 Å². The number of rotatable bonds is 6. The van der Waals surface area contributed by atoms with Gasteiger partial charge in [0.25, 0.3) is 0 Å². The number of fused-ring (bicyclic) bond motifs is 2. The van der Waals surface area contributed by atoms with E-state index in [1.54, 1.807) is 36.1 Å². The van der Waals surface area contributed by atoms with Crippen LogP contribution in [0.2, 0.25) is 0 Å². The van der Waals surface area contributed by atoms with Crippen LogP contribution in [0.15, 0.2) is 90.8 Å². The van der Waals surface area contributed by atoms with Gasteiger partial charge in [0.2, 0.25) is 5.91 Å². The molecule has 6 aromatic heterocycles. The molecular formula is C29H20N8OS. The Kier molecular flexibility index (Phi) is 5.64. The first-order chi connectivity index (χ1) is 19.2. The van der Waals surface area contributed by atoms with Crippen LogP contribution in [0.5, 0.6) is 0 Å². The van der Waals surface area contributed by atoms with Crippen molar-refractivity contribution >= 4 is 45.0 Å². The number of nitrogens with one attached hydrogen (secondary N) is 3. The number of benzene rings is 1. The standard InChI is InChI=1S/C29H20N8OS/c38-25(11-17-5-2-1-3-6-17)33-19-12-18(14-30-15-19)22-13-21-23(16-32-22)36-37-27(21)29-34-26-20(24-7-4-10-39-24)8-9-31-28(26)35-29/h1-10,12-16H,11H2,(H,33,38)(H,36,37)(H,31,34,35). The highest BCUT2D eigenvalue weighted by molar-refractivity contribution is 7.13. The topological polar surface area (TPSA) is 125 Å². The summed E-state index contributed by atoms with van der Waals surface area (Å²) in [6.45, 7) is 0. The highest BCUT2D eigenvalue weighted by Gasteiger charge is 2.17. The van der Waals surface area contributed by atoms with E-state index in [4.69, 9.17) is 4.98 Å². The summed E-state index contributed by atoms with van der Waals surface area (Å²) >= 11 is 1.67. The van der Waals surface area contributed by atoms with Gasteiger partial charge in [-0.3, -0.25) is 19.9 Å². The predicted molar refractivity (Wildman–Crippen MR) is 152 cm³/mol. The molecule has 39 heavy (non-hydrogen) atoms. The van der Waals surface area contributed by atoms with Gasteiger partial charge in [0.15, 0.2) is 11.5 Å². The van der Waals surface area contributed by atoms with Gasteiger partial charge >= 0.3 is 0 Å². The number of nitrogens with zero attached hydrogens (tertiary/aromatic N) is 5. The zero-order valence-corrected chi connectivity index (χ0v) is 21.2. The minimum atomic E-state index is -0.110. The van der Waals surface area contributed by atoms with E-state index in [1.807, 2.05) is 60.0 Å². The summed E-state index contributed by atoms with van der Waals surface area (Å²) in [5.74, 6) is 0.506. The summed E-state index contributed by atoms with van der Waals surface area (Å²) in [4.78, 5) is 35.2. The van der Waals surface area contributed by atoms with E-state index >= 15 is 0 Å². The Morgan fingerprint density at radius 2 is 1.90 bits per heavy atom. The maximum absolute atomic E-state index is 12.6. The van der Waals surface area contributed by atoms with Crippen molar-refractivity contribution in [3.8, 4) is 33.2 Å². The molecule has 0 atom stereocenters. The first-order valence-electron chi connectivity index (χ1n) is 12.2. The number of hydrogen-bond acceptors (Lipinski definition) is 7. The highest BCUT2D eigenvalue weighted by atomic mass is 32.1. The third kappa shape index (κ3) is 4.42. The second kappa shape index (κ2) is 9.58. The average Bonchev–Trinajstić information content (AvgIpc) is 3.73. The number of carbonyl (C=O) groups excluding carboxylic acids is 1. The fourth-order valence-electron chi connectivity index (χ4n) is 4.55. The third-order valence-electron chi connectivity index (χ3n) is 6.38. The van der Waals surface area contributed by atoms with Crippen LogP contribution in [0.3, 0.4) is 0 Å². The molecule has 0 bridgehead atoms. The van der Waals surface area contributed by atoms with Crippen molar-refractivity contribution in [2.45, 2.75) is 6.42 Å². The van der Waals surface area contributed by atoms with Crippen molar-refractivity contribution in [3.05, 3.63) is 96.4 Å². The molecule has 0 fully saturated rings. The van der Waals surface area contributed by atoms with Crippen LogP contribution in [-0.4, -0.2) is 41.0 Å². The molecule has 0 spiro atoms. The first kappa shape index (κ1) is 22.9. The number of aromatic nitrogens is 7. The largest absolute Gasteiger partial charge is 0.335 e. The lowest BCUT2D eigenvalue weighted by molar-refractivity contribution is -0.115. The van der Waals surface area contributed by atoms with Crippen molar-refractivity contribution in [2.24, 2.45) is 0 Å². The molecule has 7 aromatic rings. The fraction of sp³-hybridized carbons (Fsp3) is 0.0345. The van der Waals surface area contributed by atoms with Crippen LogP contribution in [0, 0.1) is 0 Å². The quantitative estimate of drug-likeness (QED) is 0.248. The van der Waals surface area contributed by atoms with E-state index in [1.165, 1.54) is 0 Å². The molecule has 6 heterocycles. The minimum absolute atomic E-state index is 0.110. The SMILES string of the molecule is O=C(Cc1ccccc1)Nc1cncc(-c2cc3c(-c4nc5nccc(-c6cccs6)c5[nH]4)n[nH]c3cn2)c1. The van der Waals surface area contributed by atoms with E-state index in [-0.39, 0.29) is 12.3 Å². The van der Waals surface area contributed by atoms with Gasteiger partial charge in [-0.2, -0.15) is 5.10 Å². The second-order valence-corrected chi connectivity index (χ2v) is 9.93. The maximum Gasteiger partial charge on any atom is 0.228 e. The average molecular weight is 529 g/mol. The van der Waals surface area contributed by atoms with Crippen LogP contribution in [0.25, 0.3) is 55.3 Å². The van der Waals surface area contributed by atoms with Crippen LogP contribution >= 0.6 is 11.3 Å². The first-order valence-corrected chi connectivity index (χ1v) is 13.1. The van der Waals surface area contributed by atoms with Crippen LogP contribution in [0.1, 0.15) is 5.56 Å². The van der Waals surface area contributed by atoms with E-state index in [9.17, 15) is 4.79 Å². The molecule has 10 heteroatoms. The molecule has 1 amide bonds. The number of hydrogen-bond donors (Lipinski definition) is 3. The van der Waals surface area contributed by atoms with Crippen molar-refractivity contribution in [1.82, 2.24) is 35.1 Å². The van der Waals surface area contributed by atoms with Gasteiger partial charge in [-0.05, 0) is 35.2 Å². The monoisotopic (exact) mass is 528 g/mol. The van der Waals surface area contributed by atoms with Gasteiger partial charge in [-0.15, -0.1) is 11.3 Å². The molecule has 0 aliphatic rings. The normalized spacial score (nSPS) is 11.3. The molecule has 1 aromatic carbocycles. The summed E-state index contributed by atoms with van der Waals surface area (Å²) in [5, 5.41) is 13.4. The number of thiophene rings is 1. The van der Waals surface area contributed by atoms with Crippen LogP contribution < -0.4 is 5.32 Å². The van der Waals surface area contributed by atoms with Crippen molar-refractivity contribution in [3.63, 3.8) is 0 Å². The number of amides is 1. The van der Waals surface area contributed by atoms with Gasteiger partial charge in [0, 0.05) is 33.8 Å². The Morgan fingerprint density at radius 3 is 2.77 bits per heavy atom. The molecular weight excluding hydrogens is 508 g/mol. The molecule has 0 radical (unpaired) electrons. The van der Waals surface area contributed by atoms with Crippen molar-refractivity contribution in [1.29, 1.82) is 0 Å². The molecule has 9 nitrogen and oxygen atoms in total. The second-order valence-electron chi connectivity index (χ2n) is 8.98. The van der Waals surface area contributed by atoms with Gasteiger partial charge < -0.3 is 10.3 Å². The summed E-state index contributed by atoms with van der Waals surface area (Å²) in [7, 11) is 0. The summed E-state index contributed by atoms with van der Waals surface area (Å²) in [5.41, 5.74) is 7.01. The van der Waals surface area contributed by atoms with Crippen molar-refractivity contribution in [2.75, 3.05) is 5.32 Å². The molecule has 0 unspecified atom stereocenters. The molecule has 0 aliphatic carbocycles. The third-order valence-corrected chi connectivity index (χ3v) is 7.28. The zero-order valence-electron chi connectivity index (χ0n) is 20.4. The number of aromatic amines is 2. The molecule has 0 aliphatic heterocycles. The molecule has 0 saturated carbocycles. The van der Waals surface area contributed by atoms with Crippen molar-refractivity contribution < 1.29 is 4.79 Å². The van der Waals surface area contributed by atoms with E-state index in [2.05, 4.69) is 41.5 Å². The van der Waals surface area contributed by atoms with Crippen LogP contribution in [0.4, 0.5) is 5.69 Å². The maximum atomic E-state index is 12.6. The van der Waals surface area contributed by atoms with Gasteiger partial charge in [-0.25, -0.2) is 9.97 Å². The summed E-state index contributed by atoms with van der Waals surface area (Å²) in [6, 6.07) is 19.5. The smallest absolute Gasteiger partial charge is 0.228 e. The summed E-state index contributed by atoms with van der Waals surface area (Å²) in [6.07, 6.45) is 7.14. The number of pyridine rings is 3. The predicted octanol–water partition coefficient (Wildman–Crippen LogP) is 5.87. The lowest BCUT2D eigenvalue weighted by atomic mass is 10.1. The summed E-state index contributed by atoms with van der Waals surface area (Å²) < 4.78 is 0. The Labute approximate surface area is 226 Å². The zero-order chi connectivity index (χ0) is 26.2. The fourth-order valence-corrected chi connectivity index (χ4v) is 5.31. The Balaban J connectivity index is 1.21. The highest BCUT2D eigenvalue weighted by Crippen LogP contribution is 2.33. The number of imidazole rings is 1. The lowest BCUT2D eigenvalue weighted by Gasteiger charge is -2.07. The van der Waals surface area contributed by atoms with E-state index in [0.717, 1.165) is 38.0 Å². The molecule has 0 saturated heterocycles. The van der Waals surface area contributed by atoms with Gasteiger partial charge in [0.1, 0.15) is 5.69 Å². The van der Waals surface area contributed by atoms with Gasteiger partial charge in [-0.1, -0.05) is 36.4 Å². The molecule has 7 rings (SSSR count). The molecule has 188 valence electrons. The van der Waals surface area contributed by atoms with E-state index in [0.29, 0.717) is 28.5 Å². The van der Waals surface area contributed by atoms with Crippen LogP contribution in [-0.2, 0) is 11.2 Å². The number of carbonyl (C=O) groups is 1. The Morgan fingerprint density at radius 1 is 0.974 bits per heavy atom. The van der Waals surface area contributed by atoms with Gasteiger partial charge in [0.05, 0.1) is 41.2 Å². The molecule has 3 N–H and O–H groups in total. The lowest BCUT2D eigenvalue weighted by Crippen LogP contribution is -2.14. The Hall–Kier alpha value is -5.22. The Bertz CT molecular complexity index is 1940. The number of anilines is 1.